The molecule has 1 aliphatic rings. The molecule has 0 aliphatic carbocycles. The summed E-state index contributed by atoms with van der Waals surface area (Å²) < 4.78 is 0. The fourth-order valence-corrected chi connectivity index (χ4v) is 2.17. The molecule has 0 radical (unpaired) electrons. The fourth-order valence-electron chi connectivity index (χ4n) is 2.17. The molecule has 90 valence electrons. The summed E-state index contributed by atoms with van der Waals surface area (Å²) in [4.78, 5) is 12.2. The normalized spacial score (nSPS) is 13.6. The molecule has 3 rings (SSSR count). The minimum atomic E-state index is 0.0394. The fraction of sp³-hybridized carbons (Fsp3) is 0.133. The van der Waals surface area contributed by atoms with Crippen LogP contribution in [0.25, 0.3) is 0 Å². The van der Waals surface area contributed by atoms with Crippen molar-refractivity contribution >= 4 is 11.6 Å². The zero-order valence-corrected chi connectivity index (χ0v) is 10.2. The van der Waals surface area contributed by atoms with E-state index in [1.165, 1.54) is 0 Å². The van der Waals surface area contributed by atoms with Crippen LogP contribution in [0.15, 0.2) is 48.5 Å². The van der Waals surface area contributed by atoms with Crippen LogP contribution >= 0.6 is 0 Å². The number of hydrogen-bond donors (Lipinski definition) is 1. The minimum Gasteiger partial charge on any atom is -0.295 e. The molecule has 0 saturated carbocycles. The molecule has 1 aliphatic heterocycles. The first-order valence-corrected chi connectivity index (χ1v) is 5.97. The summed E-state index contributed by atoms with van der Waals surface area (Å²) in [5, 5.41) is 1.65. The highest BCUT2D eigenvalue weighted by molar-refractivity contribution is 5.99. The van der Waals surface area contributed by atoms with Crippen molar-refractivity contribution in [1.82, 2.24) is 5.01 Å². The Labute approximate surface area is 106 Å². The van der Waals surface area contributed by atoms with Crippen molar-refractivity contribution in [3.05, 3.63) is 65.2 Å². The molecule has 0 atom stereocenters. The maximum absolute atomic E-state index is 12.2. The van der Waals surface area contributed by atoms with E-state index >= 15 is 0 Å². The Kier molecular flexibility index (Phi) is 2.52. The molecule has 0 bridgehead atoms. The van der Waals surface area contributed by atoms with E-state index in [4.69, 9.17) is 0 Å². The van der Waals surface area contributed by atoms with Gasteiger partial charge in [0, 0.05) is 5.56 Å². The first-order valence-electron chi connectivity index (χ1n) is 5.97. The third-order valence-electron chi connectivity index (χ3n) is 3.11. The van der Waals surface area contributed by atoms with Crippen LogP contribution in [-0.2, 0) is 6.54 Å². The predicted molar refractivity (Wildman–Crippen MR) is 71.1 cm³/mol. The third kappa shape index (κ3) is 1.84. The highest BCUT2D eigenvalue weighted by atomic mass is 16.2. The molecule has 0 spiro atoms. The molecule has 0 fully saturated rings. The van der Waals surface area contributed by atoms with E-state index in [-0.39, 0.29) is 5.91 Å². The Hall–Kier alpha value is -2.29. The molecular weight excluding hydrogens is 224 g/mol. The zero-order valence-electron chi connectivity index (χ0n) is 10.2. The largest absolute Gasteiger partial charge is 0.295 e. The van der Waals surface area contributed by atoms with Crippen LogP contribution in [0.2, 0.25) is 0 Å². The Morgan fingerprint density at radius 1 is 1.11 bits per heavy atom. The molecule has 3 nitrogen and oxygen atoms in total. The number of hydrogen-bond acceptors (Lipinski definition) is 2. The van der Waals surface area contributed by atoms with Gasteiger partial charge < -0.3 is 0 Å². The van der Waals surface area contributed by atoms with Crippen molar-refractivity contribution in [3.8, 4) is 0 Å². The number of nitrogens with zero attached hydrogens (tertiary/aromatic N) is 1. The number of aryl methyl sites for hydroxylation is 1. The Balaban J connectivity index is 1.85. The van der Waals surface area contributed by atoms with E-state index in [1.54, 1.807) is 5.01 Å². The topological polar surface area (TPSA) is 32.3 Å². The molecule has 1 amide bonds. The highest BCUT2D eigenvalue weighted by Gasteiger charge is 2.27. The van der Waals surface area contributed by atoms with E-state index in [0.29, 0.717) is 6.54 Å². The second kappa shape index (κ2) is 4.18. The number of fused-ring (bicyclic) bond motifs is 1. The van der Waals surface area contributed by atoms with E-state index < -0.39 is 0 Å². The van der Waals surface area contributed by atoms with Crippen molar-refractivity contribution in [1.29, 1.82) is 0 Å². The number of carbonyl (C=O) groups is 1. The lowest BCUT2D eigenvalue weighted by molar-refractivity contribution is 0.0814. The summed E-state index contributed by atoms with van der Waals surface area (Å²) in [6, 6.07) is 15.7. The van der Waals surface area contributed by atoms with Crippen molar-refractivity contribution < 1.29 is 4.79 Å². The SMILES string of the molecule is Cc1ccc2c(c1)C(=O)N(Nc1ccccc1)C2. The van der Waals surface area contributed by atoms with Gasteiger partial charge in [0.05, 0.1) is 12.2 Å². The van der Waals surface area contributed by atoms with Gasteiger partial charge in [-0.1, -0.05) is 35.9 Å². The molecular formula is C15H14N2O. The summed E-state index contributed by atoms with van der Waals surface area (Å²) >= 11 is 0. The summed E-state index contributed by atoms with van der Waals surface area (Å²) in [7, 11) is 0. The summed E-state index contributed by atoms with van der Waals surface area (Å²) in [6.07, 6.45) is 0. The van der Waals surface area contributed by atoms with Gasteiger partial charge >= 0.3 is 0 Å². The van der Waals surface area contributed by atoms with Crippen LogP contribution in [0.1, 0.15) is 21.5 Å². The standard InChI is InChI=1S/C15H14N2O/c1-11-7-8-12-10-17(15(18)14(12)9-11)16-13-5-3-2-4-6-13/h2-9,16H,10H2,1H3. The molecule has 3 heteroatoms. The number of nitrogens with one attached hydrogen (secondary N) is 1. The lowest BCUT2D eigenvalue weighted by Crippen LogP contribution is -2.29. The van der Waals surface area contributed by atoms with Gasteiger partial charge in [0.25, 0.3) is 5.91 Å². The lowest BCUT2D eigenvalue weighted by atomic mass is 10.1. The summed E-state index contributed by atoms with van der Waals surface area (Å²) in [5.74, 6) is 0.0394. The van der Waals surface area contributed by atoms with Crippen LogP contribution in [0.5, 0.6) is 0 Å². The van der Waals surface area contributed by atoms with E-state index in [0.717, 1.165) is 22.4 Å². The Bertz CT molecular complexity index is 593. The minimum absolute atomic E-state index is 0.0394. The van der Waals surface area contributed by atoms with Crippen LogP contribution in [-0.4, -0.2) is 10.9 Å². The molecule has 0 unspecified atom stereocenters. The van der Waals surface area contributed by atoms with Gasteiger partial charge in [-0.2, -0.15) is 0 Å². The van der Waals surface area contributed by atoms with Gasteiger partial charge in [-0.05, 0) is 30.7 Å². The van der Waals surface area contributed by atoms with Crippen LogP contribution in [0.4, 0.5) is 5.69 Å². The van der Waals surface area contributed by atoms with E-state index in [2.05, 4.69) is 5.43 Å². The number of rotatable bonds is 2. The summed E-state index contributed by atoms with van der Waals surface area (Å²) in [6.45, 7) is 2.62. The first-order chi connectivity index (χ1) is 8.74. The van der Waals surface area contributed by atoms with E-state index in [1.807, 2.05) is 55.5 Å². The van der Waals surface area contributed by atoms with Crippen molar-refractivity contribution in [2.45, 2.75) is 13.5 Å². The smallest absolute Gasteiger partial charge is 0.272 e. The average molecular weight is 238 g/mol. The maximum atomic E-state index is 12.2. The number of anilines is 1. The number of para-hydroxylation sites is 1. The van der Waals surface area contributed by atoms with Gasteiger partial charge in [-0.15, -0.1) is 0 Å². The number of benzene rings is 2. The molecule has 0 saturated heterocycles. The highest BCUT2D eigenvalue weighted by Crippen LogP contribution is 2.24. The Morgan fingerprint density at radius 3 is 2.67 bits per heavy atom. The Morgan fingerprint density at radius 2 is 1.89 bits per heavy atom. The summed E-state index contributed by atoms with van der Waals surface area (Å²) in [5.41, 5.74) is 7.06. The van der Waals surface area contributed by atoms with Crippen LogP contribution in [0.3, 0.4) is 0 Å². The van der Waals surface area contributed by atoms with Gasteiger partial charge in [-0.3, -0.25) is 10.2 Å². The maximum Gasteiger partial charge on any atom is 0.272 e. The van der Waals surface area contributed by atoms with Crippen molar-refractivity contribution in [2.24, 2.45) is 0 Å². The lowest BCUT2D eigenvalue weighted by Gasteiger charge is -2.18. The first kappa shape index (κ1) is 10.8. The quantitative estimate of drug-likeness (QED) is 0.872. The predicted octanol–water partition coefficient (Wildman–Crippen LogP) is 2.98. The number of amides is 1. The second-order valence-corrected chi connectivity index (χ2v) is 4.53. The van der Waals surface area contributed by atoms with Crippen LogP contribution < -0.4 is 5.43 Å². The average Bonchev–Trinajstić information content (AvgIpc) is 2.68. The molecule has 18 heavy (non-hydrogen) atoms. The molecule has 2 aromatic rings. The van der Waals surface area contributed by atoms with E-state index in [9.17, 15) is 4.79 Å². The molecule has 2 aromatic carbocycles. The molecule has 1 heterocycles. The number of hydrazine groups is 1. The third-order valence-corrected chi connectivity index (χ3v) is 3.11. The zero-order chi connectivity index (χ0) is 12.5. The van der Waals surface area contributed by atoms with Gasteiger partial charge in [0.2, 0.25) is 0 Å². The van der Waals surface area contributed by atoms with Crippen molar-refractivity contribution in [2.75, 3.05) is 5.43 Å². The van der Waals surface area contributed by atoms with Gasteiger partial charge in [0.1, 0.15) is 0 Å². The van der Waals surface area contributed by atoms with Crippen LogP contribution in [0, 0.1) is 6.92 Å². The number of carbonyl (C=O) groups excluding carboxylic acids is 1. The van der Waals surface area contributed by atoms with Gasteiger partial charge in [-0.25, -0.2) is 5.01 Å². The monoisotopic (exact) mass is 238 g/mol. The van der Waals surface area contributed by atoms with Crippen molar-refractivity contribution in [3.63, 3.8) is 0 Å². The van der Waals surface area contributed by atoms with Gasteiger partial charge in [0.15, 0.2) is 0 Å². The molecule has 1 N–H and O–H groups in total. The molecule has 0 aromatic heterocycles. The second-order valence-electron chi connectivity index (χ2n) is 4.53.